The standard InChI is InChI=1S/C12H17N3O.C11H16N4O.C11H15N3O2.C11H13N3.C10H12N4.C10H13N3.C9H12N4.2C8H11N5/c1-12(2,3)10-9-7(14-11(13)15-10)5-4-6-8(9)16;1-11(2,3)8-7-6(16)4-5-13-9(7)15-10(12)14-8;1-11(2,3)8-7-6(15)4-5-16-9(7)14-10(12)13-8;1-11(2,3)10-9-8(13-7-14-10)5-4-6-12-9;1-10(2,3)8-7-9(14-6-13-8)12-5-4-11-7;1-10(2,3)8-4-6-11-9-5-7-12-13(8)9;1-9(2,3)7-11-6-12-8-10-4-5-13(7)8;1-8(2,3)6-9-4-10-7-11-5-12-13(6)7;1-8(2,3)6-5-7(10-4-9-6)12-13-11-5/h4-6H2,1-3H3,(H2,13,14,15);4-5H2,1-3H3,(H3,12,13,14,15);4-5H2,1-3H3,(H2,12,13,14);4-7H,1-3H3;4-6H,1-3H3;4-7H,1-3H3;4-6H,1-3H3;4-5H,1-3H3;4H,1-3H3,(H,9,10,11,12,13). The number of hydrogen-bond donors (Lipinski definition) is 5. The van der Waals surface area contributed by atoms with Crippen molar-refractivity contribution in [3.05, 3.63) is 179 Å². The summed E-state index contributed by atoms with van der Waals surface area (Å²) in [6.45, 7) is 57.1. The van der Waals surface area contributed by atoms with Crippen LogP contribution in [0, 0.1) is 0 Å². The quantitative estimate of drug-likeness (QED) is 0.0941. The smallest absolute Gasteiger partial charge is 0.255 e. The van der Waals surface area contributed by atoms with E-state index in [2.05, 4.69) is 265 Å². The fraction of sp³-hybridized carbons (Fsp3) is 0.478. The van der Waals surface area contributed by atoms with E-state index < -0.39 is 0 Å². The van der Waals surface area contributed by atoms with Gasteiger partial charge in [-0.3, -0.25) is 23.8 Å². The first-order chi connectivity index (χ1) is 59.7. The lowest BCUT2D eigenvalue weighted by Crippen LogP contribution is -2.27. The summed E-state index contributed by atoms with van der Waals surface area (Å²) >= 11 is 0. The minimum Gasteiger partial charge on any atom is -0.477 e. The molecule has 3 aliphatic rings. The zero-order valence-electron chi connectivity index (χ0n) is 78.6. The van der Waals surface area contributed by atoms with Crippen molar-refractivity contribution in [3.63, 3.8) is 0 Å². The van der Waals surface area contributed by atoms with Crippen LogP contribution in [0.5, 0.6) is 5.88 Å². The van der Waals surface area contributed by atoms with Gasteiger partial charge < -0.3 is 27.3 Å². The summed E-state index contributed by atoms with van der Waals surface area (Å²) in [5, 5.41) is 21.9. The number of nitrogen functional groups attached to an aromatic ring is 3. The van der Waals surface area contributed by atoms with Gasteiger partial charge in [0.1, 0.15) is 72.0 Å². The molecule has 38 heteroatoms. The largest absolute Gasteiger partial charge is 0.477 e. The molecule has 0 unspecified atom stereocenters. The molecule has 0 saturated heterocycles. The number of Topliss-reactive ketones (excluding diaryl/α,β-unsaturated/α-hetero) is 3. The number of carbonyl (C=O) groups excluding carboxylic acids is 3. The summed E-state index contributed by atoms with van der Waals surface area (Å²) < 4.78 is 10.8. The summed E-state index contributed by atoms with van der Waals surface area (Å²) in [7, 11) is 0. The Bertz CT molecular complexity index is 5770. The minimum atomic E-state index is -0.252. The van der Waals surface area contributed by atoms with Gasteiger partial charge in [0.25, 0.3) is 5.78 Å². The molecule has 0 atom stereocenters. The minimum absolute atomic E-state index is 0.00947. The van der Waals surface area contributed by atoms with Gasteiger partial charge in [0.2, 0.25) is 35.1 Å². The number of ether oxygens (including phenoxy) is 1. The van der Waals surface area contributed by atoms with Gasteiger partial charge in [0, 0.05) is 118 Å². The average molecular weight is 1740 g/mol. The number of nitrogens with one attached hydrogen (secondary N) is 2. The highest BCUT2D eigenvalue weighted by Crippen LogP contribution is 2.36. The van der Waals surface area contributed by atoms with Crippen LogP contribution < -0.4 is 27.3 Å². The van der Waals surface area contributed by atoms with Crippen LogP contribution in [0.1, 0.15) is 301 Å². The van der Waals surface area contributed by atoms with Crippen LogP contribution in [-0.4, -0.2) is 179 Å². The Morgan fingerprint density at radius 1 is 0.367 bits per heavy atom. The second kappa shape index (κ2) is 38.6. The lowest BCUT2D eigenvalue weighted by atomic mass is 9.83. The number of imidazole rings is 1. The number of ketones is 3. The van der Waals surface area contributed by atoms with Gasteiger partial charge in [-0.1, -0.05) is 187 Å². The van der Waals surface area contributed by atoms with E-state index in [4.69, 9.17) is 21.9 Å². The number of aryl methyl sites for hydroxylation is 1. The highest BCUT2D eigenvalue weighted by molar-refractivity contribution is 6.04. The van der Waals surface area contributed by atoms with E-state index >= 15 is 0 Å². The first-order valence-corrected chi connectivity index (χ1v) is 42.2. The molecule has 0 bridgehead atoms. The third kappa shape index (κ3) is 24.1. The maximum atomic E-state index is 11.9. The lowest BCUT2D eigenvalue weighted by molar-refractivity contribution is 0.0922. The van der Waals surface area contributed by atoms with Crippen LogP contribution in [0.25, 0.3) is 50.6 Å². The number of nitrogens with two attached hydrogens (primary N) is 3. The number of pyridine rings is 1. The molecule has 0 fully saturated rings. The number of carbonyl (C=O) groups is 3. The predicted octanol–water partition coefficient (Wildman–Crippen LogP) is 13.9. The molecule has 1 aliphatic carbocycles. The summed E-state index contributed by atoms with van der Waals surface area (Å²) in [5.41, 5.74) is 30.8. The number of H-pyrrole nitrogens is 1. The highest BCUT2D eigenvalue weighted by Gasteiger charge is 2.35. The highest BCUT2D eigenvalue weighted by atomic mass is 16.5. The molecule has 0 amide bonds. The number of aromatic amines is 1. The van der Waals surface area contributed by atoms with Crippen LogP contribution in [0.15, 0.2) is 106 Å². The number of fused-ring (bicyclic) bond motifs is 9. The van der Waals surface area contributed by atoms with E-state index in [1.165, 1.54) is 31.0 Å². The van der Waals surface area contributed by atoms with Crippen LogP contribution in [0.3, 0.4) is 0 Å². The van der Waals surface area contributed by atoms with Crippen molar-refractivity contribution in [1.29, 1.82) is 0 Å². The molecule has 128 heavy (non-hydrogen) atoms. The van der Waals surface area contributed by atoms with Gasteiger partial charge in [0.15, 0.2) is 34.2 Å². The van der Waals surface area contributed by atoms with Crippen LogP contribution in [0.2, 0.25) is 0 Å². The molecule has 0 aromatic carbocycles. The van der Waals surface area contributed by atoms with Crippen LogP contribution >= 0.6 is 0 Å². The fourth-order valence-electron chi connectivity index (χ4n) is 13.5. The van der Waals surface area contributed by atoms with E-state index in [0.717, 1.165) is 86.4 Å². The van der Waals surface area contributed by atoms with Crippen molar-refractivity contribution in [3.8, 4) is 5.88 Å². The summed E-state index contributed by atoms with van der Waals surface area (Å²) in [4.78, 5) is 127. The van der Waals surface area contributed by atoms with Crippen molar-refractivity contribution < 1.29 is 19.1 Å². The molecular formula is C90H120N34O4. The zero-order valence-corrected chi connectivity index (χ0v) is 78.6. The Balaban J connectivity index is 0.000000150. The van der Waals surface area contributed by atoms with Gasteiger partial charge >= 0.3 is 0 Å². The van der Waals surface area contributed by atoms with Crippen molar-refractivity contribution in [2.24, 2.45) is 0 Å². The molecule has 674 valence electrons. The lowest BCUT2D eigenvalue weighted by Gasteiger charge is -2.25. The molecule has 18 rings (SSSR count). The van der Waals surface area contributed by atoms with Gasteiger partial charge in [-0.15, -0.1) is 5.10 Å². The van der Waals surface area contributed by atoms with Crippen molar-refractivity contribution in [2.45, 2.75) is 268 Å². The summed E-state index contributed by atoms with van der Waals surface area (Å²) in [6, 6.07) is 7.77. The molecule has 15 aromatic heterocycles. The number of anilines is 4. The fourth-order valence-corrected chi connectivity index (χ4v) is 13.5. The summed E-state index contributed by atoms with van der Waals surface area (Å²) in [5.74, 6) is 4.99. The second-order valence-corrected chi connectivity index (χ2v) is 39.8. The van der Waals surface area contributed by atoms with E-state index in [-0.39, 0.29) is 83.9 Å². The first-order valence-electron chi connectivity index (χ1n) is 42.2. The number of nitrogens with zero attached hydrogens (tertiary/aromatic N) is 29. The van der Waals surface area contributed by atoms with Gasteiger partial charge in [0.05, 0.1) is 75.0 Å². The molecule has 0 spiro atoms. The van der Waals surface area contributed by atoms with Crippen LogP contribution in [0.4, 0.5) is 23.7 Å². The molecule has 0 radical (unpaired) electrons. The Kier molecular flexibility index (Phi) is 29.1. The maximum absolute atomic E-state index is 11.9. The van der Waals surface area contributed by atoms with Crippen molar-refractivity contribution in [1.82, 2.24) is 149 Å². The SMILES string of the molecule is CC(C)(C)c1ccnc2ccnn12.CC(C)(C)c1nc(N)nc2c1C(=O)CCC2.CC(C)(C)c1nc(N)nc2c1C(=O)CCN2.CC(C)(C)c1nc(N)nc2c1C(=O)CCO2.CC(C)(C)c1ncnc2cccnc12.CC(C)(C)c1ncnc2n[nH]nc12.CC(C)(C)c1ncnc2nccn12.CC(C)(C)c1ncnc2nccnc12.CC(C)(C)c1ncnc2ncnn12. The predicted molar refractivity (Wildman–Crippen MR) is 491 cm³/mol. The van der Waals surface area contributed by atoms with Crippen molar-refractivity contribution in [2.75, 3.05) is 35.7 Å². The molecule has 17 heterocycles. The van der Waals surface area contributed by atoms with E-state index in [0.29, 0.717) is 89.3 Å². The zero-order chi connectivity index (χ0) is 94.0. The molecular weight excluding hydrogens is 1620 g/mol. The van der Waals surface area contributed by atoms with Gasteiger partial charge in [-0.2, -0.15) is 45.0 Å². The van der Waals surface area contributed by atoms with E-state index in [9.17, 15) is 14.4 Å². The molecule has 15 aromatic rings. The topological polar surface area (TPSA) is 515 Å². The average Bonchev–Trinajstić information content (AvgIpc) is 1.07. The Morgan fingerprint density at radius 2 is 0.891 bits per heavy atom. The number of aromatic nitrogens is 30. The Hall–Kier alpha value is -13.7. The van der Waals surface area contributed by atoms with E-state index in [1.807, 2.05) is 108 Å². The monoisotopic (exact) mass is 1740 g/mol. The Labute approximate surface area is 744 Å². The number of rotatable bonds is 0. The molecule has 38 nitrogen and oxygen atoms in total. The van der Waals surface area contributed by atoms with E-state index in [1.54, 1.807) is 48.2 Å². The molecule has 2 aliphatic heterocycles. The third-order valence-electron chi connectivity index (χ3n) is 19.4. The Morgan fingerprint density at radius 3 is 1.52 bits per heavy atom. The van der Waals surface area contributed by atoms with Gasteiger partial charge in [-0.05, 0) is 31.0 Å². The van der Waals surface area contributed by atoms with Crippen LogP contribution in [-0.2, 0) is 55.2 Å². The first kappa shape index (κ1) is 96.5. The molecule has 0 saturated carbocycles. The van der Waals surface area contributed by atoms with Gasteiger partial charge in [-0.25, -0.2) is 89.2 Å². The third-order valence-corrected chi connectivity index (χ3v) is 19.4. The molecule has 8 N–H and O–H groups in total. The summed E-state index contributed by atoms with van der Waals surface area (Å²) in [6.07, 6.45) is 24.7. The maximum Gasteiger partial charge on any atom is 0.255 e. The second-order valence-electron chi connectivity index (χ2n) is 39.8. The number of hydrogen-bond acceptors (Lipinski definition) is 34. The normalized spacial score (nSPS) is 13.5. The van der Waals surface area contributed by atoms with Crippen molar-refractivity contribution >= 4 is 91.6 Å².